The second-order valence-corrected chi connectivity index (χ2v) is 4.31. The first kappa shape index (κ1) is 12.8. The Bertz CT molecular complexity index is 407. The maximum Gasteiger partial charge on any atom is 0.270 e. The highest BCUT2D eigenvalue weighted by molar-refractivity contribution is 5.92. The van der Waals surface area contributed by atoms with Gasteiger partial charge in [-0.15, -0.1) is 0 Å². The predicted molar refractivity (Wildman–Crippen MR) is 67.5 cm³/mol. The van der Waals surface area contributed by atoms with E-state index in [9.17, 15) is 4.79 Å². The molecule has 0 unspecified atom stereocenters. The number of carbonyl (C=O) groups is 1. The van der Waals surface area contributed by atoms with Crippen molar-refractivity contribution in [1.29, 1.82) is 0 Å². The number of nitrogens with one attached hydrogen (secondary N) is 2. The first-order valence-electron chi connectivity index (χ1n) is 6.15. The molecule has 6 heteroatoms. The van der Waals surface area contributed by atoms with Gasteiger partial charge in [-0.05, 0) is 19.3 Å². The molecule has 0 saturated heterocycles. The topological polar surface area (TPSA) is 76.1 Å². The number of rotatable bonds is 7. The van der Waals surface area contributed by atoms with Gasteiger partial charge in [-0.2, -0.15) is 0 Å². The molecular weight excluding hydrogens is 232 g/mol. The molecule has 1 amide bonds. The van der Waals surface area contributed by atoms with Gasteiger partial charge < -0.3 is 15.4 Å². The summed E-state index contributed by atoms with van der Waals surface area (Å²) in [7, 11) is 1.64. The molecular formula is C12H18N4O2. The number of carbonyl (C=O) groups excluding carboxylic acids is 1. The summed E-state index contributed by atoms with van der Waals surface area (Å²) in [5.74, 6) is 0.543. The van der Waals surface area contributed by atoms with Crippen LogP contribution in [0.5, 0.6) is 0 Å². The number of methoxy groups -OCH3 is 1. The molecule has 98 valence electrons. The van der Waals surface area contributed by atoms with Crippen LogP contribution in [0.25, 0.3) is 0 Å². The van der Waals surface area contributed by atoms with Crippen LogP contribution in [0.4, 0.5) is 5.82 Å². The number of hydrogen-bond donors (Lipinski definition) is 2. The average molecular weight is 250 g/mol. The summed E-state index contributed by atoms with van der Waals surface area (Å²) in [4.78, 5) is 19.9. The van der Waals surface area contributed by atoms with Gasteiger partial charge in [0.05, 0.1) is 0 Å². The second-order valence-electron chi connectivity index (χ2n) is 4.31. The zero-order chi connectivity index (χ0) is 12.8. The lowest BCUT2D eigenvalue weighted by atomic mass is 10.3. The first-order chi connectivity index (χ1) is 8.79. The van der Waals surface area contributed by atoms with Crippen LogP contribution in [0.15, 0.2) is 12.4 Å². The van der Waals surface area contributed by atoms with Gasteiger partial charge in [0.25, 0.3) is 5.91 Å². The SMILES string of the molecule is COCCCNC(=O)c1cc(NC2CC2)ncn1. The fourth-order valence-electron chi connectivity index (χ4n) is 1.51. The van der Waals surface area contributed by atoms with Crippen molar-refractivity contribution >= 4 is 11.7 Å². The standard InChI is InChI=1S/C12H18N4O2/c1-18-6-2-5-13-12(17)10-7-11(15-8-14-10)16-9-3-4-9/h7-9H,2-6H2,1H3,(H,13,17)(H,14,15,16). The molecule has 0 spiro atoms. The maximum absolute atomic E-state index is 11.8. The van der Waals surface area contributed by atoms with E-state index in [1.54, 1.807) is 13.2 Å². The maximum atomic E-state index is 11.8. The van der Waals surface area contributed by atoms with Gasteiger partial charge in [-0.3, -0.25) is 4.79 Å². The Morgan fingerprint density at radius 2 is 2.33 bits per heavy atom. The lowest BCUT2D eigenvalue weighted by Gasteiger charge is -2.06. The molecule has 1 aliphatic rings. The summed E-state index contributed by atoms with van der Waals surface area (Å²) in [6, 6.07) is 2.20. The third-order valence-electron chi connectivity index (χ3n) is 2.64. The third kappa shape index (κ3) is 3.96. The molecule has 1 aliphatic carbocycles. The van der Waals surface area contributed by atoms with Crippen molar-refractivity contribution in [2.45, 2.75) is 25.3 Å². The second kappa shape index (κ2) is 6.30. The first-order valence-corrected chi connectivity index (χ1v) is 6.15. The minimum atomic E-state index is -0.174. The van der Waals surface area contributed by atoms with E-state index in [0.717, 1.165) is 12.2 Å². The van der Waals surface area contributed by atoms with E-state index in [0.29, 0.717) is 24.9 Å². The van der Waals surface area contributed by atoms with Gasteiger partial charge in [0.15, 0.2) is 0 Å². The molecule has 1 saturated carbocycles. The molecule has 0 radical (unpaired) electrons. The van der Waals surface area contributed by atoms with Crippen molar-refractivity contribution in [2.24, 2.45) is 0 Å². The van der Waals surface area contributed by atoms with E-state index in [4.69, 9.17) is 4.74 Å². The van der Waals surface area contributed by atoms with Crippen molar-refractivity contribution in [3.05, 3.63) is 18.1 Å². The molecule has 1 fully saturated rings. The molecule has 0 bridgehead atoms. The van der Waals surface area contributed by atoms with Crippen molar-refractivity contribution in [2.75, 3.05) is 25.6 Å². The van der Waals surface area contributed by atoms with Gasteiger partial charge in [0.2, 0.25) is 0 Å². The Hall–Kier alpha value is -1.69. The molecule has 0 aromatic carbocycles. The van der Waals surface area contributed by atoms with Crippen molar-refractivity contribution in [3.63, 3.8) is 0 Å². The lowest BCUT2D eigenvalue weighted by molar-refractivity contribution is 0.0943. The van der Waals surface area contributed by atoms with Gasteiger partial charge in [-0.25, -0.2) is 9.97 Å². The zero-order valence-electron chi connectivity index (χ0n) is 10.5. The number of amides is 1. The fraction of sp³-hybridized carbons (Fsp3) is 0.583. The Morgan fingerprint density at radius 3 is 3.06 bits per heavy atom. The predicted octanol–water partition coefficient (Wildman–Crippen LogP) is 0.817. The van der Waals surface area contributed by atoms with Gasteiger partial charge >= 0.3 is 0 Å². The Morgan fingerprint density at radius 1 is 1.50 bits per heavy atom. The minimum Gasteiger partial charge on any atom is -0.385 e. The van der Waals surface area contributed by atoms with E-state index in [1.807, 2.05) is 0 Å². The average Bonchev–Trinajstić information content (AvgIpc) is 3.19. The number of aromatic nitrogens is 2. The van der Waals surface area contributed by atoms with Crippen LogP contribution in [0.1, 0.15) is 29.8 Å². The molecule has 0 atom stereocenters. The molecule has 1 aromatic heterocycles. The Balaban J connectivity index is 1.84. The van der Waals surface area contributed by atoms with E-state index < -0.39 is 0 Å². The van der Waals surface area contributed by atoms with Crippen LogP contribution in [0.2, 0.25) is 0 Å². The van der Waals surface area contributed by atoms with Crippen LogP contribution in [-0.2, 0) is 4.74 Å². The van der Waals surface area contributed by atoms with E-state index in [1.165, 1.54) is 19.2 Å². The van der Waals surface area contributed by atoms with Crippen LogP contribution in [0.3, 0.4) is 0 Å². The van der Waals surface area contributed by atoms with Gasteiger partial charge in [0, 0.05) is 32.4 Å². The van der Waals surface area contributed by atoms with Crippen molar-refractivity contribution in [1.82, 2.24) is 15.3 Å². The minimum absolute atomic E-state index is 0.174. The molecule has 18 heavy (non-hydrogen) atoms. The molecule has 1 heterocycles. The van der Waals surface area contributed by atoms with E-state index >= 15 is 0 Å². The fourth-order valence-corrected chi connectivity index (χ4v) is 1.51. The normalized spacial score (nSPS) is 14.3. The highest BCUT2D eigenvalue weighted by atomic mass is 16.5. The summed E-state index contributed by atoms with van der Waals surface area (Å²) in [6.07, 6.45) is 4.54. The molecule has 2 rings (SSSR count). The summed E-state index contributed by atoms with van der Waals surface area (Å²) in [6.45, 7) is 1.22. The van der Waals surface area contributed by atoms with E-state index in [-0.39, 0.29) is 5.91 Å². The largest absolute Gasteiger partial charge is 0.385 e. The van der Waals surface area contributed by atoms with Crippen LogP contribution in [-0.4, -0.2) is 42.2 Å². The molecule has 0 aliphatic heterocycles. The van der Waals surface area contributed by atoms with Crippen LogP contribution >= 0.6 is 0 Å². The Labute approximate surface area is 106 Å². The van der Waals surface area contributed by atoms with Gasteiger partial charge in [-0.1, -0.05) is 0 Å². The summed E-state index contributed by atoms with van der Waals surface area (Å²) in [5.41, 5.74) is 0.394. The number of nitrogens with zero attached hydrogens (tertiary/aromatic N) is 2. The molecule has 1 aromatic rings. The molecule has 6 nitrogen and oxygen atoms in total. The monoisotopic (exact) mass is 250 g/mol. The smallest absolute Gasteiger partial charge is 0.270 e. The summed E-state index contributed by atoms with van der Waals surface area (Å²) in [5, 5.41) is 6.03. The van der Waals surface area contributed by atoms with Crippen molar-refractivity contribution < 1.29 is 9.53 Å². The van der Waals surface area contributed by atoms with E-state index in [2.05, 4.69) is 20.6 Å². The zero-order valence-corrected chi connectivity index (χ0v) is 10.5. The number of anilines is 1. The number of ether oxygens (including phenoxy) is 1. The third-order valence-corrected chi connectivity index (χ3v) is 2.64. The lowest BCUT2D eigenvalue weighted by Crippen LogP contribution is -2.26. The highest BCUT2D eigenvalue weighted by Gasteiger charge is 2.21. The summed E-state index contributed by atoms with van der Waals surface area (Å²) >= 11 is 0. The molecule has 2 N–H and O–H groups in total. The van der Waals surface area contributed by atoms with Crippen LogP contribution < -0.4 is 10.6 Å². The highest BCUT2D eigenvalue weighted by Crippen LogP contribution is 2.23. The summed E-state index contributed by atoms with van der Waals surface area (Å²) < 4.78 is 4.91. The van der Waals surface area contributed by atoms with Crippen LogP contribution in [0, 0.1) is 0 Å². The number of hydrogen-bond acceptors (Lipinski definition) is 5. The van der Waals surface area contributed by atoms with Gasteiger partial charge in [0.1, 0.15) is 17.8 Å². The van der Waals surface area contributed by atoms with Crippen molar-refractivity contribution in [3.8, 4) is 0 Å². The Kier molecular flexibility index (Phi) is 4.46. The quantitative estimate of drug-likeness (QED) is 0.701.